The number of methoxy groups -OCH3 is 3. The number of unbranched alkanes of at least 4 members (excludes halogenated alkanes) is 2. The Bertz CT molecular complexity index is 2750. The number of alkyl carbamates (subject to hydrolysis) is 1. The highest BCUT2D eigenvalue weighted by Gasteiger charge is 2.64. The smallest absolute Gasteiger partial charge is 0.412 e. The molecule has 0 aromatic heterocycles. The molecule has 2 fully saturated rings. The maximum Gasteiger partial charge on any atom is 0.412 e. The highest BCUT2D eigenvalue weighted by atomic mass is 79.9. The average Bonchev–Trinajstić information content (AvgIpc) is 2.00. The van der Waals surface area contributed by atoms with Crippen molar-refractivity contribution < 1.29 is 71.9 Å². The van der Waals surface area contributed by atoms with E-state index in [1.54, 1.807) is 52.0 Å². The minimum absolute atomic E-state index is 0.0384. The second-order valence-corrected chi connectivity index (χ2v) is 23.3. The second-order valence-electron chi connectivity index (χ2n) is 21.6. The highest BCUT2D eigenvalue weighted by Crippen LogP contribution is 2.49. The molecule has 0 spiro atoms. The number of anilines is 3. The van der Waals surface area contributed by atoms with Crippen LogP contribution in [0.4, 0.5) is 31.4 Å². The van der Waals surface area contributed by atoms with Crippen molar-refractivity contribution in [1.29, 1.82) is 0 Å². The molecule has 464 valence electrons. The minimum Gasteiger partial charge on any atom is -0.495 e. The number of hydrogen-bond donors (Lipinski definition) is 9. The van der Waals surface area contributed by atoms with Gasteiger partial charge in [-0.1, -0.05) is 94.5 Å². The Hall–Kier alpha value is -6.19. The number of hydrogen-bond acceptors (Lipinski definition) is 15. The molecule has 2 aromatic rings. The Labute approximate surface area is 511 Å². The molecule has 4 bridgehead atoms. The summed E-state index contributed by atoms with van der Waals surface area (Å²) in [5.41, 5.74) is 4.25. The molecule has 2 saturated heterocycles. The summed E-state index contributed by atoms with van der Waals surface area (Å²) in [5, 5.41) is 32.0. The summed E-state index contributed by atoms with van der Waals surface area (Å²) in [6.45, 7) is 9.37. The molecule has 0 aliphatic carbocycles. The molecule has 0 saturated carbocycles. The average molecular weight is 1330 g/mol. The van der Waals surface area contributed by atoms with Gasteiger partial charge in [0.25, 0.3) is 0 Å². The van der Waals surface area contributed by atoms with Crippen LogP contribution in [-0.4, -0.2) is 153 Å². The molecule has 9 atom stereocenters. The van der Waals surface area contributed by atoms with Crippen LogP contribution in [0, 0.1) is 17.8 Å². The first-order valence-electron chi connectivity index (χ1n) is 27.7. The Kier molecular flexibility index (Phi) is 26.0. The third kappa shape index (κ3) is 18.9. The summed E-state index contributed by atoms with van der Waals surface area (Å²) in [7, 11) is 5.73. The Morgan fingerprint density at radius 1 is 0.929 bits per heavy atom. The van der Waals surface area contributed by atoms with Crippen molar-refractivity contribution in [3.8, 4) is 11.5 Å². The summed E-state index contributed by atoms with van der Waals surface area (Å²) >= 11 is 13.5. The number of aliphatic hydroxyl groups is 1. The molecule has 84 heavy (non-hydrogen) atoms. The van der Waals surface area contributed by atoms with Crippen LogP contribution < -0.4 is 57.3 Å². The standard InChI is InChI=1S/C57H80Br2ClN9O15/c1-31(2)48(67-45(70)18-11-10-12-21-62-50(72)35(29-58)30-59)52(74)66-38(16-14-22-63-53(61)75)51(73)65-37-20-19-36(26-40(37)79-7)64-54(76)83-44-27-46(71)69(6)39-24-34(25-41(80-8)47(39)60)23-32(3)15-13-17-43(81-9)57(78)28-42(82-55(77)68-57)33(4)49-56(44,5)84-49/h13,15,17,19-20,24-26,31,33,35,38,42-44,48-49,78H,10-12,14,16,18,21-23,27-30H2,1-9H3,(H,62,72)(H,64,76)(H,65,73)(H,66,74)(H,67,70)(H,68,77)(H3,61,63,75)/b17-13+,32-15+/t33-,38+,42+,43-,44+,48+,49+,56+,57+/m1/s1. The van der Waals surface area contributed by atoms with E-state index in [1.165, 1.54) is 51.5 Å². The third-order valence-electron chi connectivity index (χ3n) is 14.9. The Morgan fingerprint density at radius 3 is 2.29 bits per heavy atom. The normalized spacial score (nSPS) is 24.1. The van der Waals surface area contributed by atoms with Crippen molar-refractivity contribution in [2.75, 3.05) is 67.7 Å². The molecule has 27 heteroatoms. The van der Waals surface area contributed by atoms with E-state index in [1.807, 2.05) is 13.0 Å². The molecule has 2 aromatic carbocycles. The summed E-state index contributed by atoms with van der Waals surface area (Å²) < 4.78 is 35.1. The molecule has 0 radical (unpaired) electrons. The summed E-state index contributed by atoms with van der Waals surface area (Å²) in [4.78, 5) is 108. The van der Waals surface area contributed by atoms with E-state index >= 15 is 0 Å². The van der Waals surface area contributed by atoms with Crippen LogP contribution in [0.15, 0.2) is 54.1 Å². The van der Waals surface area contributed by atoms with Gasteiger partial charge in [-0.15, -0.1) is 0 Å². The lowest BCUT2D eigenvalue weighted by Crippen LogP contribution is -2.63. The van der Waals surface area contributed by atoms with E-state index in [2.05, 4.69) is 69.1 Å². The first-order chi connectivity index (χ1) is 39.8. The van der Waals surface area contributed by atoms with Crippen LogP contribution in [-0.2, 0) is 49.3 Å². The quantitative estimate of drug-likeness (QED) is 0.0309. The lowest BCUT2D eigenvalue weighted by Gasteiger charge is -2.42. The van der Waals surface area contributed by atoms with Crippen molar-refractivity contribution in [2.24, 2.45) is 23.5 Å². The van der Waals surface area contributed by atoms with E-state index in [-0.39, 0.29) is 78.0 Å². The first kappa shape index (κ1) is 68.6. The maximum atomic E-state index is 14.5. The van der Waals surface area contributed by atoms with Crippen LogP contribution in [0.3, 0.4) is 0 Å². The van der Waals surface area contributed by atoms with E-state index in [0.29, 0.717) is 54.3 Å². The van der Waals surface area contributed by atoms with Crippen LogP contribution in [0.5, 0.6) is 11.5 Å². The zero-order valence-electron chi connectivity index (χ0n) is 48.8. The fraction of sp³-hybridized carbons (Fsp3) is 0.579. The van der Waals surface area contributed by atoms with Crippen molar-refractivity contribution >= 4 is 108 Å². The minimum atomic E-state index is -1.91. The molecular weight excluding hydrogens is 1250 g/mol. The number of epoxide rings is 1. The van der Waals surface area contributed by atoms with E-state index in [0.717, 1.165) is 11.1 Å². The van der Waals surface area contributed by atoms with Gasteiger partial charge in [0.15, 0.2) is 5.72 Å². The zero-order chi connectivity index (χ0) is 62.1. The van der Waals surface area contributed by atoms with Crippen molar-refractivity contribution in [3.63, 3.8) is 0 Å². The van der Waals surface area contributed by atoms with Gasteiger partial charge < -0.3 is 70.7 Å². The van der Waals surface area contributed by atoms with Crippen LogP contribution >= 0.6 is 43.5 Å². The number of carbonyl (C=O) groups excluding carboxylic acids is 8. The van der Waals surface area contributed by atoms with Gasteiger partial charge in [0.1, 0.15) is 52.5 Å². The number of alkyl halides is 2. The van der Waals surface area contributed by atoms with E-state index in [9.17, 15) is 43.5 Å². The van der Waals surface area contributed by atoms with Gasteiger partial charge in [0.2, 0.25) is 29.5 Å². The first-order valence-corrected chi connectivity index (χ1v) is 30.3. The Balaban J connectivity index is 1.33. The topological polar surface area (TPSA) is 329 Å². The molecule has 3 aliphatic rings. The van der Waals surface area contributed by atoms with Crippen molar-refractivity contribution in [2.45, 2.75) is 140 Å². The molecule has 0 unspecified atom stereocenters. The van der Waals surface area contributed by atoms with Crippen molar-refractivity contribution in [3.05, 3.63) is 64.7 Å². The number of nitrogens with zero attached hydrogens (tertiary/aromatic N) is 1. The lowest BCUT2D eigenvalue weighted by atomic mass is 9.83. The predicted octanol–water partition coefficient (Wildman–Crippen LogP) is 6.48. The second kappa shape index (κ2) is 31.8. The van der Waals surface area contributed by atoms with Crippen LogP contribution in [0.2, 0.25) is 5.02 Å². The molecule has 3 aliphatic heterocycles. The van der Waals surface area contributed by atoms with Gasteiger partial charge in [0.05, 0.1) is 44.0 Å². The van der Waals surface area contributed by atoms with E-state index in [4.69, 9.17) is 45.8 Å². The maximum absolute atomic E-state index is 14.5. The van der Waals surface area contributed by atoms with Crippen LogP contribution in [0.25, 0.3) is 0 Å². The number of urea groups is 1. The molecule has 10 N–H and O–H groups in total. The van der Waals surface area contributed by atoms with Crippen molar-refractivity contribution in [1.82, 2.24) is 26.6 Å². The van der Waals surface area contributed by atoms with Gasteiger partial charge in [-0.2, -0.15) is 0 Å². The summed E-state index contributed by atoms with van der Waals surface area (Å²) in [6.07, 6.45) is 1.34. The van der Waals surface area contributed by atoms with Gasteiger partial charge in [-0.3, -0.25) is 34.6 Å². The van der Waals surface area contributed by atoms with Gasteiger partial charge in [-0.25, -0.2) is 14.4 Å². The number of allylic oxidation sites excluding steroid dienone is 3. The number of primary amides is 1. The number of rotatable bonds is 24. The monoisotopic (exact) mass is 1320 g/mol. The van der Waals surface area contributed by atoms with E-state index < -0.39 is 96.1 Å². The SMILES string of the molecule is COc1cc(NC(=O)O[C@H]2CC(=O)N(C)c3cc(cc(OC)c3Cl)C/C(C)=C/C=C/[C@@H](OC)[C@@]3(O)C[C@H](OC(=O)N3)[C@@H](C)[C@@H]3O[C@@]23C)ccc1NC(=O)[C@H](CCCNC(N)=O)NC(=O)[C@@H](NC(=O)CCCCCNC(=O)C(CBr)CBr)C(C)C. The summed E-state index contributed by atoms with van der Waals surface area (Å²) in [5.74, 6) is -3.05. The third-order valence-corrected chi connectivity index (χ3v) is 16.8. The number of amides is 9. The zero-order valence-corrected chi connectivity index (χ0v) is 52.8. The highest BCUT2D eigenvalue weighted by molar-refractivity contribution is 9.09. The number of fused-ring (bicyclic) bond motifs is 5. The van der Waals surface area contributed by atoms with Gasteiger partial charge in [0, 0.05) is 68.4 Å². The molecule has 3 heterocycles. The number of nitrogens with one attached hydrogen (secondary N) is 7. The number of benzene rings is 2. The Morgan fingerprint density at radius 2 is 1.63 bits per heavy atom. The number of carbonyl (C=O) groups is 8. The van der Waals surface area contributed by atoms with Gasteiger partial charge >= 0.3 is 18.2 Å². The lowest BCUT2D eigenvalue weighted by molar-refractivity contribution is -0.142. The largest absolute Gasteiger partial charge is 0.495 e. The number of nitrogens with two attached hydrogens (primary N) is 1. The number of ether oxygens (including phenoxy) is 6. The molecular formula is C57H80Br2ClN9O15. The molecule has 24 nitrogen and oxygen atoms in total. The molecule has 9 amide bonds. The fourth-order valence-corrected chi connectivity index (χ4v) is 11.9. The van der Waals surface area contributed by atoms with Crippen LogP contribution in [0.1, 0.15) is 91.5 Å². The molecule has 5 rings (SSSR count). The van der Waals surface area contributed by atoms with Gasteiger partial charge in [-0.05, 0) is 81.7 Å². The predicted molar refractivity (Wildman–Crippen MR) is 322 cm³/mol. The summed E-state index contributed by atoms with van der Waals surface area (Å²) in [6, 6.07) is 4.85. The fourth-order valence-electron chi connectivity index (χ4n) is 9.93. The number of halogens is 3.